The number of carbonyl (C=O) groups is 2. The van der Waals surface area contributed by atoms with Crippen LogP contribution in [0.15, 0.2) is 16.3 Å². The highest BCUT2D eigenvalue weighted by Crippen LogP contribution is 2.25. The number of hydrogen-bond donors (Lipinski definition) is 2. The largest absolute Gasteiger partial charge is 0.394 e. The van der Waals surface area contributed by atoms with E-state index in [4.69, 9.17) is 5.73 Å². The van der Waals surface area contributed by atoms with Crippen molar-refractivity contribution in [1.82, 2.24) is 4.90 Å². The minimum Gasteiger partial charge on any atom is -0.394 e. The van der Waals surface area contributed by atoms with Crippen LogP contribution >= 0.6 is 0 Å². The molecular weight excluding hydrogens is 270 g/mol. The van der Waals surface area contributed by atoms with Crippen molar-refractivity contribution in [3.8, 4) is 0 Å². The van der Waals surface area contributed by atoms with Gasteiger partial charge in [-0.15, -0.1) is 0 Å². The molecule has 0 aromatic heterocycles. The smallest absolute Gasteiger partial charge is 0.270 e. The molecule has 1 saturated heterocycles. The molecule has 0 bridgehead atoms. The van der Waals surface area contributed by atoms with Crippen LogP contribution in [0.3, 0.4) is 0 Å². The molecule has 0 unspecified atom stereocenters. The van der Waals surface area contributed by atoms with E-state index < -0.39 is 0 Å². The van der Waals surface area contributed by atoms with Gasteiger partial charge >= 0.3 is 0 Å². The first-order chi connectivity index (χ1) is 9.99. The highest BCUT2D eigenvalue weighted by Gasteiger charge is 2.27. The molecule has 0 atom stereocenters. The molecule has 3 N–H and O–H groups in total. The Hall–Kier alpha value is -1.69. The van der Waals surface area contributed by atoms with Gasteiger partial charge in [-0.2, -0.15) is 0 Å². The average Bonchev–Trinajstić information content (AvgIpc) is 2.92. The lowest BCUT2D eigenvalue weighted by atomic mass is 10.1. The molecule has 1 heterocycles. The quantitative estimate of drug-likeness (QED) is 0.736. The summed E-state index contributed by atoms with van der Waals surface area (Å²) in [5.74, 6) is -0.169. The van der Waals surface area contributed by atoms with Crippen molar-refractivity contribution in [2.75, 3.05) is 19.6 Å². The van der Waals surface area contributed by atoms with Crippen molar-refractivity contribution in [1.29, 1.82) is 0 Å². The Morgan fingerprint density at radius 1 is 1.33 bits per heavy atom. The predicted molar refractivity (Wildman–Crippen MR) is 79.9 cm³/mol. The number of ketones is 1. The van der Waals surface area contributed by atoms with Crippen molar-refractivity contribution in [2.24, 2.45) is 10.7 Å². The Kier molecular flexibility index (Phi) is 5.12. The molecule has 116 valence electrons. The van der Waals surface area contributed by atoms with Gasteiger partial charge in [0.1, 0.15) is 5.70 Å². The van der Waals surface area contributed by atoms with Crippen LogP contribution in [0.4, 0.5) is 0 Å². The molecule has 0 aromatic rings. The molecule has 1 aliphatic heterocycles. The summed E-state index contributed by atoms with van der Waals surface area (Å²) < 4.78 is 0. The fourth-order valence-electron chi connectivity index (χ4n) is 2.77. The second-order valence-electron chi connectivity index (χ2n) is 5.73. The maximum atomic E-state index is 12.4. The standard InChI is InChI=1S/C15H23N3O3/c1-10(19)9-17-13-4-2-3-12(13)14(16)15(21)18-7-5-11(20)6-8-18/h11,20H,2-9,16H2,1H3/b14-12-,17-13?. The van der Waals surface area contributed by atoms with Crippen LogP contribution in [-0.2, 0) is 9.59 Å². The van der Waals surface area contributed by atoms with Crippen LogP contribution in [0.2, 0.25) is 0 Å². The van der Waals surface area contributed by atoms with Gasteiger partial charge in [-0.25, -0.2) is 0 Å². The monoisotopic (exact) mass is 293 g/mol. The number of nitrogens with zero attached hydrogens (tertiary/aromatic N) is 2. The van der Waals surface area contributed by atoms with Crippen molar-refractivity contribution < 1.29 is 14.7 Å². The van der Waals surface area contributed by atoms with Gasteiger partial charge in [0, 0.05) is 24.4 Å². The minimum absolute atomic E-state index is 0.00339. The minimum atomic E-state index is -0.318. The number of aliphatic hydroxyl groups is 1. The van der Waals surface area contributed by atoms with E-state index in [1.54, 1.807) is 4.90 Å². The lowest BCUT2D eigenvalue weighted by molar-refractivity contribution is -0.129. The summed E-state index contributed by atoms with van der Waals surface area (Å²) in [6, 6.07) is 0. The summed E-state index contributed by atoms with van der Waals surface area (Å²) in [7, 11) is 0. The molecule has 1 saturated carbocycles. The number of Topliss-reactive ketones (excluding diaryl/α,β-unsaturated/α-hetero) is 1. The zero-order valence-electron chi connectivity index (χ0n) is 12.5. The van der Waals surface area contributed by atoms with Crippen LogP contribution in [0, 0.1) is 0 Å². The van der Waals surface area contributed by atoms with E-state index in [9.17, 15) is 14.7 Å². The number of amides is 1. The number of hydrogen-bond acceptors (Lipinski definition) is 5. The number of likely N-dealkylation sites (tertiary alicyclic amines) is 1. The summed E-state index contributed by atoms with van der Waals surface area (Å²) in [4.78, 5) is 29.4. The average molecular weight is 293 g/mol. The number of aliphatic imine (C=N–C) groups is 1. The van der Waals surface area contributed by atoms with E-state index in [-0.39, 0.29) is 30.0 Å². The fourth-order valence-corrected chi connectivity index (χ4v) is 2.77. The van der Waals surface area contributed by atoms with Crippen molar-refractivity contribution >= 4 is 17.4 Å². The summed E-state index contributed by atoms with van der Waals surface area (Å²) >= 11 is 0. The van der Waals surface area contributed by atoms with E-state index in [2.05, 4.69) is 4.99 Å². The van der Waals surface area contributed by atoms with Crippen LogP contribution in [-0.4, -0.2) is 53.1 Å². The summed E-state index contributed by atoms with van der Waals surface area (Å²) in [6.07, 6.45) is 3.31. The lowest BCUT2D eigenvalue weighted by Crippen LogP contribution is -2.42. The van der Waals surface area contributed by atoms with Gasteiger partial charge in [0.15, 0.2) is 5.78 Å². The maximum absolute atomic E-state index is 12.4. The molecular formula is C15H23N3O3. The van der Waals surface area contributed by atoms with Crippen LogP contribution in [0.25, 0.3) is 0 Å². The van der Waals surface area contributed by atoms with Crippen LogP contribution < -0.4 is 5.73 Å². The first kappa shape index (κ1) is 15.7. The van der Waals surface area contributed by atoms with Crippen LogP contribution in [0.5, 0.6) is 0 Å². The normalized spacial score (nSPS) is 24.5. The first-order valence-corrected chi connectivity index (χ1v) is 7.48. The van der Waals surface area contributed by atoms with E-state index in [1.165, 1.54) is 6.92 Å². The van der Waals surface area contributed by atoms with Crippen molar-refractivity contribution in [2.45, 2.75) is 45.1 Å². The third-order valence-corrected chi connectivity index (χ3v) is 3.99. The Bertz CT molecular complexity index is 488. The number of carbonyl (C=O) groups excluding carboxylic acids is 2. The van der Waals surface area contributed by atoms with E-state index in [1.807, 2.05) is 0 Å². The number of piperidine rings is 1. The highest BCUT2D eigenvalue weighted by molar-refractivity contribution is 6.09. The Morgan fingerprint density at radius 3 is 2.62 bits per heavy atom. The molecule has 0 aromatic carbocycles. The maximum Gasteiger partial charge on any atom is 0.270 e. The van der Waals surface area contributed by atoms with E-state index in [0.29, 0.717) is 25.9 Å². The molecule has 2 aliphatic rings. The second kappa shape index (κ2) is 6.85. The topological polar surface area (TPSA) is 96.0 Å². The second-order valence-corrected chi connectivity index (χ2v) is 5.73. The molecule has 0 spiro atoms. The summed E-state index contributed by atoms with van der Waals surface area (Å²) in [6.45, 7) is 2.72. The molecule has 6 heteroatoms. The zero-order valence-corrected chi connectivity index (χ0v) is 12.5. The molecule has 21 heavy (non-hydrogen) atoms. The van der Waals surface area contributed by atoms with Gasteiger partial charge in [-0.3, -0.25) is 14.6 Å². The number of nitrogens with two attached hydrogens (primary N) is 1. The fraction of sp³-hybridized carbons (Fsp3) is 0.667. The Labute approximate surface area is 124 Å². The third kappa shape index (κ3) is 3.91. The number of rotatable bonds is 3. The molecule has 2 rings (SSSR count). The van der Waals surface area contributed by atoms with Gasteiger partial charge < -0.3 is 15.7 Å². The molecule has 1 aliphatic carbocycles. The van der Waals surface area contributed by atoms with Gasteiger partial charge in [-0.05, 0) is 39.0 Å². The Morgan fingerprint density at radius 2 is 2.00 bits per heavy atom. The van der Waals surface area contributed by atoms with Gasteiger partial charge in [0.2, 0.25) is 0 Å². The lowest BCUT2D eigenvalue weighted by Gasteiger charge is -2.30. The van der Waals surface area contributed by atoms with Crippen molar-refractivity contribution in [3.05, 3.63) is 11.3 Å². The molecule has 2 fully saturated rings. The summed E-state index contributed by atoms with van der Waals surface area (Å²) in [5.41, 5.74) is 7.90. The molecule has 0 radical (unpaired) electrons. The van der Waals surface area contributed by atoms with Crippen LogP contribution in [0.1, 0.15) is 39.0 Å². The number of aliphatic hydroxyl groups excluding tert-OH is 1. The first-order valence-electron chi connectivity index (χ1n) is 7.48. The SMILES string of the molecule is CC(=O)CN=C1CCC/C1=C(/N)C(=O)N1CCC(O)CC1. The zero-order chi connectivity index (χ0) is 15.4. The van der Waals surface area contributed by atoms with Gasteiger partial charge in [0.05, 0.1) is 12.6 Å². The number of allylic oxidation sites excluding steroid dienone is 1. The molecule has 6 nitrogen and oxygen atoms in total. The Balaban J connectivity index is 2.11. The van der Waals surface area contributed by atoms with Gasteiger partial charge in [-0.1, -0.05) is 0 Å². The molecule has 1 amide bonds. The van der Waals surface area contributed by atoms with E-state index in [0.717, 1.165) is 30.5 Å². The van der Waals surface area contributed by atoms with Crippen molar-refractivity contribution in [3.63, 3.8) is 0 Å². The third-order valence-electron chi connectivity index (χ3n) is 3.99. The van der Waals surface area contributed by atoms with E-state index >= 15 is 0 Å². The highest BCUT2D eigenvalue weighted by atomic mass is 16.3. The predicted octanol–water partition coefficient (Wildman–Crippen LogP) is 0.396. The van der Waals surface area contributed by atoms with Gasteiger partial charge in [0.25, 0.3) is 5.91 Å². The summed E-state index contributed by atoms with van der Waals surface area (Å²) in [5, 5.41) is 9.49.